The second-order valence-electron chi connectivity index (χ2n) is 1.97. The van der Waals surface area contributed by atoms with E-state index >= 15 is 0 Å². The fourth-order valence-electron chi connectivity index (χ4n) is 0.670. The topological polar surface area (TPSA) is 20.2 Å². The van der Waals surface area contributed by atoms with Crippen LogP contribution in [-0.2, 0) is 0 Å². The Morgan fingerprint density at radius 3 is 2.33 bits per heavy atom. The van der Waals surface area contributed by atoms with Crippen molar-refractivity contribution in [3.05, 3.63) is 0 Å². The highest BCUT2D eigenvalue weighted by molar-refractivity contribution is 4.83. The normalized spacial score (nSPS) is 43.0. The van der Waals surface area contributed by atoms with E-state index in [1.165, 1.54) is 0 Å². The second kappa shape index (κ2) is 1.23. The first-order chi connectivity index (χ1) is 2.84. The summed E-state index contributed by atoms with van der Waals surface area (Å²) in [6.45, 7) is 2.11. The van der Waals surface area contributed by atoms with Gasteiger partial charge >= 0.3 is 0 Å². The molecule has 0 aromatic heterocycles. The van der Waals surface area contributed by atoms with Gasteiger partial charge in [0.05, 0.1) is 6.10 Å². The van der Waals surface area contributed by atoms with Gasteiger partial charge in [-0.05, 0) is 12.3 Å². The lowest BCUT2D eigenvalue weighted by Crippen LogP contribution is -1.79. The molecule has 0 heterocycles. The van der Waals surface area contributed by atoms with E-state index in [0.717, 1.165) is 12.8 Å². The van der Waals surface area contributed by atoms with Crippen LogP contribution in [0, 0.1) is 5.92 Å². The molecular weight excluding hydrogens is 76.1 g/mol. The van der Waals surface area contributed by atoms with Crippen molar-refractivity contribution in [1.29, 1.82) is 0 Å². The molecule has 0 spiro atoms. The van der Waals surface area contributed by atoms with Crippen LogP contribution < -0.4 is 0 Å². The first-order valence-electron chi connectivity index (χ1n) is 2.52. The van der Waals surface area contributed by atoms with E-state index in [1.54, 1.807) is 0 Å². The van der Waals surface area contributed by atoms with E-state index in [4.69, 9.17) is 5.11 Å². The van der Waals surface area contributed by atoms with Crippen molar-refractivity contribution >= 4 is 0 Å². The summed E-state index contributed by atoms with van der Waals surface area (Å²) < 4.78 is 0. The number of aliphatic hydroxyl groups excluding tert-OH is 1. The lowest BCUT2D eigenvalue weighted by atomic mass is 10.3. The standard InChI is InChI=1S/C5H10O/c1-2-4-3-5(4)6/h4-6H,2-3H2,1H3/t4-,5+/m1/s1. The van der Waals surface area contributed by atoms with E-state index < -0.39 is 0 Å². The molecule has 2 atom stereocenters. The number of hydrogen-bond donors (Lipinski definition) is 1. The highest BCUT2D eigenvalue weighted by Gasteiger charge is 2.32. The fourth-order valence-corrected chi connectivity index (χ4v) is 0.670. The molecule has 0 bridgehead atoms. The molecule has 1 fully saturated rings. The Morgan fingerprint density at radius 2 is 2.33 bits per heavy atom. The van der Waals surface area contributed by atoms with Gasteiger partial charge in [-0.25, -0.2) is 0 Å². The summed E-state index contributed by atoms with van der Waals surface area (Å²) in [4.78, 5) is 0. The van der Waals surface area contributed by atoms with Crippen LogP contribution in [0.5, 0.6) is 0 Å². The molecule has 0 aromatic rings. The van der Waals surface area contributed by atoms with Crippen LogP contribution in [0.2, 0.25) is 0 Å². The Kier molecular flexibility index (Phi) is 0.845. The van der Waals surface area contributed by atoms with Crippen LogP contribution in [0.1, 0.15) is 19.8 Å². The predicted octanol–water partition coefficient (Wildman–Crippen LogP) is 0.777. The predicted molar refractivity (Wildman–Crippen MR) is 24.4 cm³/mol. The van der Waals surface area contributed by atoms with Crippen LogP contribution in [0.4, 0.5) is 0 Å². The summed E-state index contributed by atoms with van der Waals surface area (Å²) in [6.07, 6.45) is 2.27. The summed E-state index contributed by atoms with van der Waals surface area (Å²) in [5, 5.41) is 8.63. The molecule has 1 aliphatic carbocycles. The smallest absolute Gasteiger partial charge is 0.0572 e. The van der Waals surface area contributed by atoms with Crippen LogP contribution in [-0.4, -0.2) is 11.2 Å². The minimum absolute atomic E-state index is 0.0648. The molecule has 0 aliphatic heterocycles. The molecule has 6 heavy (non-hydrogen) atoms. The third-order valence-corrected chi connectivity index (χ3v) is 1.41. The Hall–Kier alpha value is -0.0400. The molecule has 0 unspecified atom stereocenters. The number of aliphatic hydroxyl groups is 1. The number of hydrogen-bond acceptors (Lipinski definition) is 1. The zero-order chi connectivity index (χ0) is 4.57. The Morgan fingerprint density at radius 1 is 1.83 bits per heavy atom. The van der Waals surface area contributed by atoms with Crippen molar-refractivity contribution in [1.82, 2.24) is 0 Å². The van der Waals surface area contributed by atoms with Gasteiger partial charge in [0.15, 0.2) is 0 Å². The van der Waals surface area contributed by atoms with E-state index in [-0.39, 0.29) is 6.10 Å². The van der Waals surface area contributed by atoms with Gasteiger partial charge < -0.3 is 5.11 Å². The third-order valence-electron chi connectivity index (χ3n) is 1.41. The number of rotatable bonds is 1. The molecule has 1 heteroatoms. The van der Waals surface area contributed by atoms with Gasteiger partial charge in [0.25, 0.3) is 0 Å². The fraction of sp³-hybridized carbons (Fsp3) is 1.00. The minimum Gasteiger partial charge on any atom is -0.393 e. The van der Waals surface area contributed by atoms with E-state index in [0.29, 0.717) is 5.92 Å². The van der Waals surface area contributed by atoms with E-state index in [2.05, 4.69) is 6.92 Å². The van der Waals surface area contributed by atoms with Crippen molar-refractivity contribution in [2.75, 3.05) is 0 Å². The molecule has 0 radical (unpaired) electrons. The third kappa shape index (κ3) is 0.548. The molecule has 0 saturated heterocycles. The highest BCUT2D eigenvalue weighted by atomic mass is 16.3. The van der Waals surface area contributed by atoms with Gasteiger partial charge in [-0.2, -0.15) is 0 Å². The lowest BCUT2D eigenvalue weighted by Gasteiger charge is -1.78. The van der Waals surface area contributed by atoms with Gasteiger partial charge in [0.2, 0.25) is 0 Å². The first kappa shape index (κ1) is 4.13. The highest BCUT2D eigenvalue weighted by Crippen LogP contribution is 2.32. The van der Waals surface area contributed by atoms with Crippen LogP contribution >= 0.6 is 0 Å². The first-order valence-corrected chi connectivity index (χ1v) is 2.52. The largest absolute Gasteiger partial charge is 0.393 e. The van der Waals surface area contributed by atoms with Crippen molar-refractivity contribution in [3.8, 4) is 0 Å². The minimum atomic E-state index is 0.0648. The van der Waals surface area contributed by atoms with Crippen molar-refractivity contribution < 1.29 is 5.11 Å². The molecule has 36 valence electrons. The van der Waals surface area contributed by atoms with Gasteiger partial charge in [-0.1, -0.05) is 13.3 Å². The Balaban J connectivity index is 2.09. The van der Waals surface area contributed by atoms with Crippen LogP contribution in [0.25, 0.3) is 0 Å². The average Bonchev–Trinajstić information content (AvgIpc) is 2.19. The monoisotopic (exact) mass is 86.1 g/mol. The van der Waals surface area contributed by atoms with E-state index in [1.807, 2.05) is 0 Å². The summed E-state index contributed by atoms with van der Waals surface area (Å²) in [5.41, 5.74) is 0. The van der Waals surface area contributed by atoms with Crippen LogP contribution in [0.15, 0.2) is 0 Å². The Labute approximate surface area is 38.0 Å². The maximum absolute atomic E-state index is 8.63. The lowest BCUT2D eigenvalue weighted by molar-refractivity contribution is 0.258. The second-order valence-corrected chi connectivity index (χ2v) is 1.97. The molecule has 1 N–H and O–H groups in total. The molecule has 1 saturated carbocycles. The zero-order valence-corrected chi connectivity index (χ0v) is 4.02. The summed E-state index contributed by atoms with van der Waals surface area (Å²) in [6, 6.07) is 0. The summed E-state index contributed by atoms with van der Waals surface area (Å²) in [5.74, 6) is 0.657. The van der Waals surface area contributed by atoms with Crippen molar-refractivity contribution in [2.24, 2.45) is 5.92 Å². The Bertz CT molecular complexity index is 49.9. The van der Waals surface area contributed by atoms with Gasteiger partial charge in [0, 0.05) is 0 Å². The quantitative estimate of drug-likeness (QED) is 0.500. The molecule has 0 aromatic carbocycles. The van der Waals surface area contributed by atoms with Crippen molar-refractivity contribution in [2.45, 2.75) is 25.9 Å². The maximum Gasteiger partial charge on any atom is 0.0572 e. The van der Waals surface area contributed by atoms with Crippen LogP contribution in [0.3, 0.4) is 0 Å². The molecular formula is C5H10O. The van der Waals surface area contributed by atoms with E-state index in [9.17, 15) is 0 Å². The van der Waals surface area contributed by atoms with Gasteiger partial charge in [0.1, 0.15) is 0 Å². The average molecular weight is 86.1 g/mol. The SMILES string of the molecule is CC[C@@H]1C[C@@H]1O. The van der Waals surface area contributed by atoms with Gasteiger partial charge in [-0.15, -0.1) is 0 Å². The maximum atomic E-state index is 8.63. The van der Waals surface area contributed by atoms with Crippen molar-refractivity contribution in [3.63, 3.8) is 0 Å². The van der Waals surface area contributed by atoms with Gasteiger partial charge in [-0.3, -0.25) is 0 Å². The molecule has 1 rings (SSSR count). The molecule has 0 amide bonds. The summed E-state index contributed by atoms with van der Waals surface area (Å²) in [7, 11) is 0. The molecule has 1 nitrogen and oxygen atoms in total. The summed E-state index contributed by atoms with van der Waals surface area (Å²) >= 11 is 0. The zero-order valence-electron chi connectivity index (χ0n) is 4.02. The molecule has 1 aliphatic rings.